The lowest BCUT2D eigenvalue weighted by Crippen LogP contribution is -2.37. The number of urea groups is 1. The molecule has 4 aromatic carbocycles. The van der Waals surface area contributed by atoms with Gasteiger partial charge in [-0.3, -0.25) is 0 Å². The summed E-state index contributed by atoms with van der Waals surface area (Å²) < 4.78 is 43.2. The quantitative estimate of drug-likeness (QED) is 0.279. The fraction of sp³-hybridized carbons (Fsp3) is 0.179. The summed E-state index contributed by atoms with van der Waals surface area (Å²) in [6, 6.07) is 24.3. The molecule has 0 unspecified atom stereocenters. The number of hydrogen-bond acceptors (Lipinski definition) is 4. The Morgan fingerprint density at radius 1 is 0.917 bits per heavy atom. The molecule has 36 heavy (non-hydrogen) atoms. The molecule has 0 aliphatic carbocycles. The molecule has 0 fully saturated rings. The van der Waals surface area contributed by atoms with Crippen molar-refractivity contribution in [3.05, 3.63) is 102 Å². The maximum Gasteiger partial charge on any atom is 0.339 e. The number of fused-ring (bicyclic) bond motifs is 1. The zero-order valence-electron chi connectivity index (χ0n) is 20.0. The van der Waals surface area contributed by atoms with Crippen molar-refractivity contribution < 1.29 is 21.8 Å². The molecule has 186 valence electrons. The van der Waals surface area contributed by atoms with Gasteiger partial charge in [-0.15, -0.1) is 0 Å². The molecule has 0 radical (unpaired) electrons. The van der Waals surface area contributed by atoms with Crippen LogP contribution in [0.15, 0.2) is 95.9 Å². The Morgan fingerprint density at radius 2 is 1.58 bits per heavy atom. The number of anilines is 1. The van der Waals surface area contributed by atoms with Gasteiger partial charge in [-0.25, -0.2) is 9.18 Å². The van der Waals surface area contributed by atoms with Gasteiger partial charge in [-0.2, -0.15) is 8.42 Å². The van der Waals surface area contributed by atoms with E-state index in [-0.39, 0.29) is 22.6 Å². The van der Waals surface area contributed by atoms with Crippen LogP contribution in [0, 0.1) is 11.7 Å². The number of halogens is 1. The van der Waals surface area contributed by atoms with E-state index in [1.165, 1.54) is 12.1 Å². The maximum absolute atomic E-state index is 13.2. The van der Waals surface area contributed by atoms with Crippen molar-refractivity contribution >= 4 is 32.6 Å². The molecule has 4 rings (SSSR count). The van der Waals surface area contributed by atoms with Gasteiger partial charge in [0.2, 0.25) is 0 Å². The van der Waals surface area contributed by atoms with E-state index < -0.39 is 15.9 Å². The van der Waals surface area contributed by atoms with Crippen LogP contribution in [-0.4, -0.2) is 25.9 Å². The van der Waals surface area contributed by atoms with E-state index in [1.54, 1.807) is 17.0 Å². The van der Waals surface area contributed by atoms with Gasteiger partial charge in [-0.1, -0.05) is 62.4 Å². The normalized spacial score (nSPS) is 11.4. The lowest BCUT2D eigenvalue weighted by atomic mass is 10.1. The molecule has 0 aliphatic rings. The molecule has 2 amide bonds. The van der Waals surface area contributed by atoms with Crippen LogP contribution in [-0.2, 0) is 16.7 Å². The average Bonchev–Trinajstić information content (AvgIpc) is 2.85. The lowest BCUT2D eigenvalue weighted by molar-refractivity contribution is 0.201. The molecule has 1 N–H and O–H groups in total. The van der Waals surface area contributed by atoms with Crippen molar-refractivity contribution in [2.45, 2.75) is 25.3 Å². The van der Waals surface area contributed by atoms with E-state index in [4.69, 9.17) is 4.18 Å². The molecule has 0 saturated carbocycles. The number of nitrogens with zero attached hydrogens (tertiary/aromatic N) is 1. The molecular weight excluding hydrogens is 479 g/mol. The van der Waals surface area contributed by atoms with Gasteiger partial charge < -0.3 is 14.4 Å². The second-order valence-corrected chi connectivity index (χ2v) is 10.4. The van der Waals surface area contributed by atoms with Gasteiger partial charge in [0.1, 0.15) is 16.5 Å². The lowest BCUT2D eigenvalue weighted by Gasteiger charge is -2.25. The van der Waals surface area contributed by atoms with Gasteiger partial charge in [0, 0.05) is 18.5 Å². The Hall–Kier alpha value is -3.91. The Balaban J connectivity index is 1.47. The van der Waals surface area contributed by atoms with Crippen LogP contribution < -0.4 is 9.50 Å². The summed E-state index contributed by atoms with van der Waals surface area (Å²) in [6.07, 6.45) is 0. The third-order valence-electron chi connectivity index (χ3n) is 5.51. The summed E-state index contributed by atoms with van der Waals surface area (Å²) in [7, 11) is -4.09. The summed E-state index contributed by atoms with van der Waals surface area (Å²) in [6.45, 7) is 4.94. The van der Waals surface area contributed by atoms with Gasteiger partial charge in [0.05, 0.1) is 5.69 Å². The molecule has 0 atom stereocenters. The summed E-state index contributed by atoms with van der Waals surface area (Å²) in [5.74, 6) is -0.167. The Morgan fingerprint density at radius 3 is 2.28 bits per heavy atom. The number of nitrogens with one attached hydrogen (secondary N) is 1. The van der Waals surface area contributed by atoms with Crippen LogP contribution in [0.4, 0.5) is 14.9 Å². The van der Waals surface area contributed by atoms with Crippen molar-refractivity contribution in [1.82, 2.24) is 4.90 Å². The van der Waals surface area contributed by atoms with E-state index in [9.17, 15) is 17.6 Å². The van der Waals surface area contributed by atoms with Gasteiger partial charge in [0.25, 0.3) is 0 Å². The highest BCUT2D eigenvalue weighted by molar-refractivity contribution is 7.87. The zero-order chi connectivity index (χ0) is 25.7. The minimum absolute atomic E-state index is 0.124. The van der Waals surface area contributed by atoms with E-state index in [0.717, 1.165) is 46.3 Å². The Bertz CT molecular complexity index is 1450. The van der Waals surface area contributed by atoms with Crippen LogP contribution in [0.5, 0.6) is 5.75 Å². The first-order valence-corrected chi connectivity index (χ1v) is 12.9. The molecule has 0 saturated heterocycles. The molecule has 0 aromatic heterocycles. The SMILES string of the molecule is CC(C)CN(Cc1ccc(OS(=O)(=O)c2ccc(F)cc2)cc1)C(=O)Nc1cccc2ccccc12. The van der Waals surface area contributed by atoms with Crippen molar-refractivity contribution in [1.29, 1.82) is 0 Å². The second-order valence-electron chi connectivity index (χ2n) is 8.87. The topological polar surface area (TPSA) is 75.7 Å². The first-order valence-electron chi connectivity index (χ1n) is 11.5. The highest BCUT2D eigenvalue weighted by Crippen LogP contribution is 2.24. The van der Waals surface area contributed by atoms with Crippen molar-refractivity contribution in [2.75, 3.05) is 11.9 Å². The molecule has 0 spiro atoms. The highest BCUT2D eigenvalue weighted by atomic mass is 32.2. The van der Waals surface area contributed by atoms with E-state index in [1.807, 2.05) is 56.3 Å². The number of rotatable bonds is 8. The monoisotopic (exact) mass is 506 g/mol. The summed E-state index contributed by atoms with van der Waals surface area (Å²) in [4.78, 5) is 14.8. The van der Waals surface area contributed by atoms with Crippen LogP contribution in [0.3, 0.4) is 0 Å². The number of carbonyl (C=O) groups excluding carboxylic acids is 1. The molecule has 0 bridgehead atoms. The number of amides is 2. The third-order valence-corrected chi connectivity index (χ3v) is 6.77. The zero-order valence-corrected chi connectivity index (χ0v) is 20.8. The Kier molecular flexibility index (Phi) is 7.55. The van der Waals surface area contributed by atoms with Crippen LogP contribution >= 0.6 is 0 Å². The summed E-state index contributed by atoms with van der Waals surface area (Å²) in [5.41, 5.74) is 1.55. The van der Waals surface area contributed by atoms with Crippen molar-refractivity contribution in [3.63, 3.8) is 0 Å². The van der Waals surface area contributed by atoms with E-state index >= 15 is 0 Å². The average molecular weight is 507 g/mol. The van der Waals surface area contributed by atoms with Crippen molar-refractivity contribution in [2.24, 2.45) is 5.92 Å². The fourth-order valence-electron chi connectivity index (χ4n) is 3.84. The van der Waals surface area contributed by atoms with Crippen LogP contribution in [0.1, 0.15) is 19.4 Å². The predicted octanol–water partition coefficient (Wildman–Crippen LogP) is 6.44. The molecule has 6 nitrogen and oxygen atoms in total. The van der Waals surface area contributed by atoms with Crippen LogP contribution in [0.2, 0.25) is 0 Å². The van der Waals surface area contributed by atoms with Crippen LogP contribution in [0.25, 0.3) is 10.8 Å². The number of hydrogen-bond donors (Lipinski definition) is 1. The Labute approximate surface area is 210 Å². The third kappa shape index (κ3) is 6.20. The van der Waals surface area contributed by atoms with Gasteiger partial charge in [-0.05, 0) is 59.3 Å². The van der Waals surface area contributed by atoms with E-state index in [0.29, 0.717) is 13.1 Å². The maximum atomic E-state index is 13.2. The smallest absolute Gasteiger partial charge is 0.339 e. The molecule has 0 aliphatic heterocycles. The first kappa shape index (κ1) is 25.2. The predicted molar refractivity (Wildman–Crippen MR) is 139 cm³/mol. The summed E-state index contributed by atoms with van der Waals surface area (Å²) in [5, 5.41) is 5.03. The molecule has 0 heterocycles. The van der Waals surface area contributed by atoms with Gasteiger partial charge >= 0.3 is 16.1 Å². The highest BCUT2D eigenvalue weighted by Gasteiger charge is 2.19. The number of carbonyl (C=O) groups is 1. The van der Waals surface area contributed by atoms with E-state index in [2.05, 4.69) is 5.32 Å². The minimum atomic E-state index is -4.09. The van der Waals surface area contributed by atoms with Gasteiger partial charge in [0.15, 0.2) is 0 Å². The molecular formula is C28H27FN2O4S. The summed E-state index contributed by atoms with van der Waals surface area (Å²) >= 11 is 0. The standard InChI is InChI=1S/C28H27FN2O4S/c1-20(2)18-31(28(32)30-27-9-5-7-22-6-3-4-8-26(22)27)19-21-10-14-24(15-11-21)35-36(33,34)25-16-12-23(29)13-17-25/h3-17,20H,18-19H2,1-2H3,(H,30,32). The number of benzene rings is 4. The largest absolute Gasteiger partial charge is 0.379 e. The minimum Gasteiger partial charge on any atom is -0.379 e. The fourth-order valence-corrected chi connectivity index (χ4v) is 4.77. The van der Waals surface area contributed by atoms with Crippen molar-refractivity contribution in [3.8, 4) is 5.75 Å². The first-order chi connectivity index (χ1) is 17.2. The molecule has 4 aromatic rings. The molecule has 8 heteroatoms. The second kappa shape index (κ2) is 10.8.